The van der Waals surface area contributed by atoms with E-state index in [4.69, 9.17) is 23.3 Å². The van der Waals surface area contributed by atoms with E-state index in [1.165, 1.54) is 0 Å². The Hall–Kier alpha value is 0.760. The summed E-state index contributed by atoms with van der Waals surface area (Å²) < 4.78 is 30.2. The predicted octanol–water partition coefficient (Wildman–Crippen LogP) is -1.09. The molecule has 0 aromatic heterocycles. The van der Waals surface area contributed by atoms with Crippen LogP contribution < -0.4 is 23.3 Å². The quantitative estimate of drug-likeness (QED) is 0.179. The number of nitrogens with two attached hydrogens (primary N) is 4. The third-order valence-electron chi connectivity index (χ3n) is 2.17. The summed E-state index contributed by atoms with van der Waals surface area (Å²) in [5.41, 5.74) is 11.7. The lowest BCUT2D eigenvalue weighted by Gasteiger charge is -2.12. The van der Waals surface area contributed by atoms with Crippen LogP contribution in [0.1, 0.15) is 12.8 Å². The van der Waals surface area contributed by atoms with Gasteiger partial charge in [-0.1, -0.05) is 21.6 Å². The lowest BCUT2D eigenvalue weighted by molar-refractivity contribution is 0.365. The first kappa shape index (κ1) is 20.8. The minimum Gasteiger partial charge on any atom is -0.327 e. The van der Waals surface area contributed by atoms with Crippen LogP contribution in [0.15, 0.2) is 0 Å². The van der Waals surface area contributed by atoms with E-state index >= 15 is 0 Å². The van der Waals surface area contributed by atoms with E-state index in [9.17, 15) is 8.42 Å². The highest BCUT2D eigenvalue weighted by Crippen LogP contribution is 2.23. The van der Waals surface area contributed by atoms with Gasteiger partial charge >= 0.3 is 0 Å². The third-order valence-corrected chi connectivity index (χ3v) is 6.35. The molecule has 0 aliphatic rings. The lowest BCUT2D eigenvalue weighted by Crippen LogP contribution is -2.27. The smallest absolute Gasteiger partial charge is 0.172 e. The molecule has 0 spiro atoms. The van der Waals surface area contributed by atoms with Crippen molar-refractivity contribution in [1.29, 1.82) is 0 Å². The summed E-state index contributed by atoms with van der Waals surface area (Å²) in [6, 6.07) is -0.137. The van der Waals surface area contributed by atoms with Gasteiger partial charge in [0.15, 0.2) is 22.2 Å². The summed E-state index contributed by atoms with van der Waals surface area (Å²) in [5.74, 6) is 11.6. The van der Waals surface area contributed by atoms with Gasteiger partial charge in [-0.2, -0.15) is 11.8 Å². The Morgan fingerprint density at radius 1 is 0.850 bits per heavy atom. The molecular weight excluding hydrogens is 344 g/mol. The topological polar surface area (TPSA) is 157 Å². The van der Waals surface area contributed by atoms with Crippen molar-refractivity contribution in [3.8, 4) is 0 Å². The van der Waals surface area contributed by atoms with E-state index in [2.05, 4.69) is 8.57 Å². The first-order chi connectivity index (χ1) is 9.49. The Kier molecular flexibility index (Phi) is 13.9. The van der Waals surface area contributed by atoms with Crippen molar-refractivity contribution in [2.24, 2.45) is 23.3 Å². The maximum atomic E-state index is 10.9. The SMILES string of the molecule is NOS(=O)CC[C@H](N)CSSC[C@@H](N)CCS(=O)ON. The van der Waals surface area contributed by atoms with E-state index in [0.29, 0.717) is 24.3 Å². The van der Waals surface area contributed by atoms with Crippen molar-refractivity contribution in [3.63, 3.8) is 0 Å². The predicted molar refractivity (Wildman–Crippen MR) is 86.7 cm³/mol. The molecule has 12 heteroatoms. The molecule has 0 aliphatic heterocycles. The zero-order valence-electron chi connectivity index (χ0n) is 11.0. The maximum absolute atomic E-state index is 10.9. The fraction of sp³-hybridized carbons (Fsp3) is 1.00. The molecule has 0 amide bonds. The van der Waals surface area contributed by atoms with Gasteiger partial charge in [0, 0.05) is 23.6 Å². The molecule has 0 aromatic carbocycles. The van der Waals surface area contributed by atoms with Crippen molar-refractivity contribution in [2.45, 2.75) is 24.9 Å². The Balaban J connectivity index is 3.50. The van der Waals surface area contributed by atoms with Crippen LogP contribution in [0.4, 0.5) is 0 Å². The second-order valence-corrected chi connectivity index (χ2v) is 8.84. The van der Waals surface area contributed by atoms with Crippen LogP contribution in [0.5, 0.6) is 0 Å². The van der Waals surface area contributed by atoms with Gasteiger partial charge in [-0.05, 0) is 12.8 Å². The largest absolute Gasteiger partial charge is 0.327 e. The average Bonchev–Trinajstić information content (AvgIpc) is 2.46. The molecule has 0 fully saturated rings. The van der Waals surface area contributed by atoms with Crippen molar-refractivity contribution in [2.75, 3.05) is 23.0 Å². The molecule has 0 heterocycles. The van der Waals surface area contributed by atoms with E-state index < -0.39 is 22.2 Å². The van der Waals surface area contributed by atoms with E-state index in [1.807, 2.05) is 0 Å². The van der Waals surface area contributed by atoms with Crippen LogP contribution in [-0.2, 0) is 30.7 Å². The molecule has 0 radical (unpaired) electrons. The fourth-order valence-electron chi connectivity index (χ4n) is 1.03. The first-order valence-corrected chi connectivity index (χ1v) is 10.7. The second kappa shape index (κ2) is 13.4. The van der Waals surface area contributed by atoms with Gasteiger partial charge in [-0.25, -0.2) is 17.0 Å². The van der Waals surface area contributed by atoms with E-state index in [0.717, 1.165) is 11.5 Å². The van der Waals surface area contributed by atoms with Crippen LogP contribution >= 0.6 is 21.6 Å². The molecule has 8 N–H and O–H groups in total. The van der Waals surface area contributed by atoms with Gasteiger partial charge in [0.2, 0.25) is 0 Å². The summed E-state index contributed by atoms with van der Waals surface area (Å²) in [7, 11) is 3.20. The molecule has 2 unspecified atom stereocenters. The zero-order chi connectivity index (χ0) is 15.4. The normalized spacial score (nSPS) is 17.6. The van der Waals surface area contributed by atoms with Crippen LogP contribution in [0, 0.1) is 0 Å². The molecule has 0 saturated heterocycles. The molecule has 0 aromatic rings. The van der Waals surface area contributed by atoms with Crippen molar-refractivity contribution in [1.82, 2.24) is 0 Å². The molecule has 20 heavy (non-hydrogen) atoms. The van der Waals surface area contributed by atoms with E-state index in [-0.39, 0.29) is 12.1 Å². The Labute approximate surface area is 132 Å². The van der Waals surface area contributed by atoms with Gasteiger partial charge in [0.25, 0.3) is 0 Å². The van der Waals surface area contributed by atoms with Crippen molar-refractivity contribution >= 4 is 43.7 Å². The Bertz CT molecular complexity index is 272. The maximum Gasteiger partial charge on any atom is 0.172 e. The summed E-state index contributed by atoms with van der Waals surface area (Å²) in [6.07, 6.45) is 1.16. The summed E-state index contributed by atoms with van der Waals surface area (Å²) in [4.78, 5) is 0. The third kappa shape index (κ3) is 12.5. The van der Waals surface area contributed by atoms with Gasteiger partial charge in [0.1, 0.15) is 0 Å². The molecule has 4 atom stereocenters. The highest BCUT2D eigenvalue weighted by molar-refractivity contribution is 8.76. The summed E-state index contributed by atoms with van der Waals surface area (Å²) in [5, 5.41) is 0. The molecular formula is C8H22N4O4S4. The standard InChI is InChI=1S/C8H22N4O4S4/c9-7(1-3-19(13)15-11)5-17-18-6-8(10)2-4-20(14)16-12/h7-8H,1-6,9-12H2/t7-,8-,19?,20?/m0/s1. The number of rotatable bonds is 13. The van der Waals surface area contributed by atoms with Crippen LogP contribution in [0.3, 0.4) is 0 Å². The Morgan fingerprint density at radius 2 is 1.20 bits per heavy atom. The van der Waals surface area contributed by atoms with Crippen molar-refractivity contribution < 1.29 is 17.0 Å². The molecule has 0 bridgehead atoms. The van der Waals surface area contributed by atoms with Crippen LogP contribution in [-0.4, -0.2) is 43.5 Å². The van der Waals surface area contributed by atoms with Crippen LogP contribution in [0.2, 0.25) is 0 Å². The van der Waals surface area contributed by atoms with Gasteiger partial charge < -0.3 is 11.5 Å². The summed E-state index contributed by atoms with van der Waals surface area (Å²) >= 11 is -2.92. The van der Waals surface area contributed by atoms with Gasteiger partial charge in [-0.3, -0.25) is 0 Å². The molecule has 0 saturated carbocycles. The highest BCUT2D eigenvalue weighted by Gasteiger charge is 2.09. The van der Waals surface area contributed by atoms with Gasteiger partial charge in [0.05, 0.1) is 11.5 Å². The zero-order valence-corrected chi connectivity index (χ0v) is 14.2. The minimum atomic E-state index is -1.46. The average molecular weight is 367 g/mol. The van der Waals surface area contributed by atoms with Crippen molar-refractivity contribution in [3.05, 3.63) is 0 Å². The number of hydrogen-bond donors (Lipinski definition) is 4. The lowest BCUT2D eigenvalue weighted by atomic mass is 10.3. The fourth-order valence-corrected chi connectivity index (χ4v) is 4.71. The minimum absolute atomic E-state index is 0.0685. The molecule has 0 aliphatic carbocycles. The monoisotopic (exact) mass is 366 g/mol. The van der Waals surface area contributed by atoms with E-state index in [1.54, 1.807) is 21.6 Å². The molecule has 8 nitrogen and oxygen atoms in total. The summed E-state index contributed by atoms with van der Waals surface area (Å²) in [6.45, 7) is 0. The molecule has 122 valence electrons. The highest BCUT2D eigenvalue weighted by atomic mass is 33.1. The van der Waals surface area contributed by atoms with Gasteiger partial charge in [-0.15, -0.1) is 0 Å². The van der Waals surface area contributed by atoms with Crippen LogP contribution in [0.25, 0.3) is 0 Å². The first-order valence-electron chi connectivity index (χ1n) is 5.76. The Morgan fingerprint density at radius 3 is 1.50 bits per heavy atom. The molecule has 0 rings (SSSR count). The second-order valence-electron chi connectivity index (χ2n) is 3.87. The number of hydrogen-bond acceptors (Lipinski definition) is 10.